The van der Waals surface area contributed by atoms with Crippen LogP contribution in [0, 0.1) is 12.7 Å². The molecule has 0 aromatic heterocycles. The molecule has 0 saturated carbocycles. The lowest BCUT2D eigenvalue weighted by molar-refractivity contribution is 0.0697. The Morgan fingerprint density at radius 2 is 1.79 bits per heavy atom. The zero-order valence-electron chi connectivity index (χ0n) is 21.8. The van der Waals surface area contributed by atoms with Crippen LogP contribution in [0.5, 0.6) is 5.75 Å². The minimum Gasteiger partial charge on any atom is -0.490 e. The summed E-state index contributed by atoms with van der Waals surface area (Å²) >= 11 is 0. The van der Waals surface area contributed by atoms with Crippen molar-refractivity contribution in [1.29, 1.82) is 0 Å². The Balaban J connectivity index is 1.29. The third kappa shape index (κ3) is 5.62. The van der Waals surface area contributed by atoms with Gasteiger partial charge in [-0.3, -0.25) is 4.79 Å². The molecule has 6 nitrogen and oxygen atoms in total. The van der Waals surface area contributed by atoms with E-state index in [1.165, 1.54) is 12.1 Å². The number of hydrogen-bond donors (Lipinski definition) is 2. The van der Waals surface area contributed by atoms with Gasteiger partial charge in [-0.2, -0.15) is 0 Å². The second kappa shape index (κ2) is 11.0. The van der Waals surface area contributed by atoms with Crippen molar-refractivity contribution in [3.63, 3.8) is 0 Å². The highest BCUT2D eigenvalue weighted by molar-refractivity contribution is 5.96. The molecule has 7 heteroatoms. The number of benzene rings is 4. The number of carbonyl (C=O) groups excluding carboxylic acids is 1. The van der Waals surface area contributed by atoms with Crippen molar-refractivity contribution < 1.29 is 23.8 Å². The van der Waals surface area contributed by atoms with Gasteiger partial charge in [-0.25, -0.2) is 9.18 Å². The van der Waals surface area contributed by atoms with E-state index in [0.717, 1.165) is 27.9 Å². The SMILES string of the molecule is Cc1cc(F)ccc1[C@H](C)NC(=O)c1ccc2c(c1)OCCN2Cc1ccc(-c2ccccc2C(=O)O)cc1. The first kappa shape index (κ1) is 26.0. The van der Waals surface area contributed by atoms with E-state index in [9.17, 15) is 19.1 Å². The highest BCUT2D eigenvalue weighted by Gasteiger charge is 2.21. The fourth-order valence-corrected chi connectivity index (χ4v) is 5.00. The molecule has 1 atom stereocenters. The molecule has 0 bridgehead atoms. The number of aryl methyl sites for hydroxylation is 1. The smallest absolute Gasteiger partial charge is 0.336 e. The number of ether oxygens (including phenoxy) is 1. The Morgan fingerprint density at radius 3 is 2.54 bits per heavy atom. The van der Waals surface area contributed by atoms with E-state index in [1.807, 2.05) is 56.3 Å². The normalized spacial score (nSPS) is 13.3. The highest BCUT2D eigenvalue weighted by atomic mass is 19.1. The van der Waals surface area contributed by atoms with Crippen LogP contribution in [0.2, 0.25) is 0 Å². The van der Waals surface area contributed by atoms with E-state index < -0.39 is 5.97 Å². The third-order valence-electron chi connectivity index (χ3n) is 7.02. The van der Waals surface area contributed by atoms with Crippen LogP contribution >= 0.6 is 0 Å². The number of fused-ring (bicyclic) bond motifs is 1. The number of nitrogens with one attached hydrogen (secondary N) is 1. The second-order valence-corrected chi connectivity index (χ2v) is 9.70. The van der Waals surface area contributed by atoms with Gasteiger partial charge >= 0.3 is 5.97 Å². The summed E-state index contributed by atoms with van der Waals surface area (Å²) in [5, 5.41) is 12.5. The van der Waals surface area contributed by atoms with Crippen molar-refractivity contribution >= 4 is 17.6 Å². The molecule has 0 saturated heterocycles. The van der Waals surface area contributed by atoms with Crippen LogP contribution in [-0.2, 0) is 6.54 Å². The Labute approximate surface area is 226 Å². The summed E-state index contributed by atoms with van der Waals surface area (Å²) in [5.74, 6) is -0.836. The van der Waals surface area contributed by atoms with Crippen molar-refractivity contribution in [2.45, 2.75) is 26.4 Å². The van der Waals surface area contributed by atoms with Crippen molar-refractivity contribution in [3.05, 3.63) is 119 Å². The minimum absolute atomic E-state index is 0.230. The van der Waals surface area contributed by atoms with Crippen LogP contribution in [0.4, 0.5) is 10.1 Å². The van der Waals surface area contributed by atoms with E-state index in [1.54, 1.807) is 30.3 Å². The molecular weight excluding hydrogens is 495 g/mol. The topological polar surface area (TPSA) is 78.9 Å². The van der Waals surface area contributed by atoms with E-state index >= 15 is 0 Å². The predicted molar refractivity (Wildman–Crippen MR) is 149 cm³/mol. The molecule has 1 heterocycles. The van der Waals surface area contributed by atoms with E-state index in [2.05, 4.69) is 10.2 Å². The van der Waals surface area contributed by atoms with Gasteiger partial charge in [0.25, 0.3) is 5.91 Å². The average molecular weight is 525 g/mol. The molecule has 0 unspecified atom stereocenters. The minimum atomic E-state index is -0.951. The van der Waals surface area contributed by atoms with Crippen LogP contribution in [-0.4, -0.2) is 30.1 Å². The highest BCUT2D eigenvalue weighted by Crippen LogP contribution is 2.34. The molecule has 1 amide bonds. The van der Waals surface area contributed by atoms with E-state index in [-0.39, 0.29) is 23.3 Å². The molecular formula is C32H29FN2O4. The third-order valence-corrected chi connectivity index (χ3v) is 7.02. The number of carbonyl (C=O) groups is 2. The monoisotopic (exact) mass is 524 g/mol. The first-order valence-corrected chi connectivity index (χ1v) is 12.8. The zero-order chi connectivity index (χ0) is 27.5. The van der Waals surface area contributed by atoms with Gasteiger partial charge in [0, 0.05) is 12.1 Å². The largest absolute Gasteiger partial charge is 0.490 e. The molecule has 39 heavy (non-hydrogen) atoms. The van der Waals surface area contributed by atoms with Gasteiger partial charge < -0.3 is 20.1 Å². The van der Waals surface area contributed by atoms with Crippen molar-refractivity contribution in [1.82, 2.24) is 5.32 Å². The molecule has 5 rings (SSSR count). The second-order valence-electron chi connectivity index (χ2n) is 9.70. The number of carboxylic acids is 1. The van der Waals surface area contributed by atoms with Crippen LogP contribution in [0.25, 0.3) is 11.1 Å². The van der Waals surface area contributed by atoms with Gasteiger partial charge in [-0.15, -0.1) is 0 Å². The lowest BCUT2D eigenvalue weighted by atomic mass is 9.98. The molecule has 4 aromatic rings. The van der Waals surface area contributed by atoms with Crippen LogP contribution in [0.15, 0.2) is 84.9 Å². The molecule has 4 aromatic carbocycles. The summed E-state index contributed by atoms with van der Waals surface area (Å²) in [6, 6.07) is 24.6. The van der Waals surface area contributed by atoms with E-state index in [4.69, 9.17) is 4.74 Å². The summed E-state index contributed by atoms with van der Waals surface area (Å²) < 4.78 is 19.4. The fraction of sp³-hybridized carbons (Fsp3) is 0.188. The van der Waals surface area contributed by atoms with Crippen molar-refractivity contribution in [2.75, 3.05) is 18.1 Å². The molecule has 2 N–H and O–H groups in total. The van der Waals surface area contributed by atoms with Crippen LogP contribution in [0.1, 0.15) is 50.4 Å². The lowest BCUT2D eigenvalue weighted by Crippen LogP contribution is -2.32. The van der Waals surface area contributed by atoms with Gasteiger partial charge in [-0.05, 0) is 78.1 Å². The molecule has 1 aliphatic rings. The van der Waals surface area contributed by atoms with Gasteiger partial charge in [-0.1, -0.05) is 48.5 Å². The van der Waals surface area contributed by atoms with Gasteiger partial charge in [0.15, 0.2) is 0 Å². The average Bonchev–Trinajstić information content (AvgIpc) is 2.93. The summed E-state index contributed by atoms with van der Waals surface area (Å²) in [5.41, 5.74) is 5.92. The number of halogens is 1. The summed E-state index contributed by atoms with van der Waals surface area (Å²) in [4.78, 5) is 26.8. The van der Waals surface area contributed by atoms with Crippen molar-refractivity contribution in [3.8, 4) is 16.9 Å². The first-order valence-electron chi connectivity index (χ1n) is 12.8. The molecule has 0 radical (unpaired) electrons. The van der Waals surface area contributed by atoms with Gasteiger partial charge in [0.1, 0.15) is 18.2 Å². The standard InChI is InChI=1S/C32H29FN2O4/c1-20-17-25(33)12-13-26(20)21(2)34-31(36)24-11-14-29-30(18-24)39-16-15-35(29)19-22-7-9-23(10-8-22)27-5-3-4-6-28(27)32(37)38/h3-14,17-18,21H,15-16,19H2,1-2H3,(H,34,36)(H,37,38)/t21-/m0/s1. The quantitative estimate of drug-likeness (QED) is 0.293. The number of carboxylic acid groups (broad SMARTS) is 1. The van der Waals surface area contributed by atoms with Gasteiger partial charge in [0.05, 0.1) is 23.8 Å². The molecule has 0 aliphatic carbocycles. The number of amides is 1. The maximum Gasteiger partial charge on any atom is 0.336 e. The van der Waals surface area contributed by atoms with E-state index in [0.29, 0.717) is 36.6 Å². The molecule has 0 spiro atoms. The Hall–Kier alpha value is -4.65. The predicted octanol–water partition coefficient (Wildman–Crippen LogP) is 6.39. The summed E-state index contributed by atoms with van der Waals surface area (Å²) in [7, 11) is 0. The Kier molecular flexibility index (Phi) is 7.32. The number of aromatic carboxylic acids is 1. The van der Waals surface area contributed by atoms with Crippen LogP contribution in [0.3, 0.4) is 0 Å². The fourth-order valence-electron chi connectivity index (χ4n) is 5.00. The van der Waals surface area contributed by atoms with Crippen LogP contribution < -0.4 is 15.0 Å². The molecule has 1 aliphatic heterocycles. The number of hydrogen-bond acceptors (Lipinski definition) is 4. The molecule has 0 fully saturated rings. The van der Waals surface area contributed by atoms with Crippen molar-refractivity contribution in [2.24, 2.45) is 0 Å². The number of rotatable bonds is 7. The Morgan fingerprint density at radius 1 is 1.03 bits per heavy atom. The summed E-state index contributed by atoms with van der Waals surface area (Å²) in [6.45, 7) is 5.53. The number of anilines is 1. The maximum atomic E-state index is 13.5. The molecule has 198 valence electrons. The Bertz CT molecular complexity index is 1530. The lowest BCUT2D eigenvalue weighted by Gasteiger charge is -2.31. The number of nitrogens with zero attached hydrogens (tertiary/aromatic N) is 1. The van der Waals surface area contributed by atoms with Gasteiger partial charge in [0.2, 0.25) is 0 Å². The first-order chi connectivity index (χ1) is 18.8. The zero-order valence-corrected chi connectivity index (χ0v) is 21.8. The summed E-state index contributed by atoms with van der Waals surface area (Å²) in [6.07, 6.45) is 0. The maximum absolute atomic E-state index is 13.5.